The second kappa shape index (κ2) is 11.5. The van der Waals surface area contributed by atoms with Crippen LogP contribution in [0.5, 0.6) is 5.75 Å². The van der Waals surface area contributed by atoms with E-state index in [1.165, 1.54) is 0 Å². The molecule has 36 heavy (non-hydrogen) atoms. The van der Waals surface area contributed by atoms with Crippen molar-refractivity contribution in [2.24, 2.45) is 11.3 Å². The third-order valence-corrected chi connectivity index (χ3v) is 8.93. The lowest BCUT2D eigenvalue weighted by atomic mass is 9.74. The van der Waals surface area contributed by atoms with Crippen LogP contribution in [-0.4, -0.2) is 45.3 Å². The second-order valence-corrected chi connectivity index (χ2v) is 12.2. The largest absolute Gasteiger partial charge is 0.497 e. The first-order valence-electron chi connectivity index (χ1n) is 12.7. The van der Waals surface area contributed by atoms with Crippen molar-refractivity contribution in [3.8, 4) is 5.75 Å². The molecular formula is C29H37ClN2O3S. The lowest BCUT2D eigenvalue weighted by Gasteiger charge is -2.49. The molecule has 1 saturated carbocycles. The molecule has 5 nitrogen and oxygen atoms in total. The highest BCUT2D eigenvalue weighted by molar-refractivity contribution is 7.81. The standard InChI is InChI=1S/C29H37ClN2O3S/c1-5-16-29(2)17-15-26(22-11-13-24(30)14-12-22)32(28(29)33)27(23-9-10-23)20-31(36(4)34)19-21-7-6-8-25(18-21)35-3/h5-8,11-14,18,23,26-27H,1,9-10,15-17,19-20H2,2-4H3/t26-,27?,29-,36?/m0/s1. The van der Waals surface area contributed by atoms with Gasteiger partial charge in [-0.05, 0) is 73.4 Å². The van der Waals surface area contributed by atoms with Crippen LogP contribution in [0.25, 0.3) is 0 Å². The van der Waals surface area contributed by atoms with E-state index in [1.807, 2.05) is 58.9 Å². The number of nitrogens with zero attached hydrogens (tertiary/aromatic N) is 2. The average molecular weight is 529 g/mol. The summed E-state index contributed by atoms with van der Waals surface area (Å²) in [6.07, 6.45) is 8.10. The SMILES string of the molecule is C=CC[C@@]1(C)CC[C@@H](c2ccc(Cl)cc2)N(C(CN(Cc2cccc(OC)c2)S(C)=O)C2CC2)C1=O. The Morgan fingerprint density at radius 3 is 2.58 bits per heavy atom. The number of carbonyl (C=O) groups is 1. The molecule has 0 radical (unpaired) electrons. The minimum Gasteiger partial charge on any atom is -0.497 e. The summed E-state index contributed by atoms with van der Waals surface area (Å²) in [5.74, 6) is 1.36. The number of carbonyl (C=O) groups excluding carboxylic acids is 1. The first kappa shape index (κ1) is 26.9. The third-order valence-electron chi connectivity index (χ3n) is 7.68. The molecular weight excluding hydrogens is 492 g/mol. The van der Waals surface area contributed by atoms with Gasteiger partial charge in [-0.2, -0.15) is 0 Å². The van der Waals surface area contributed by atoms with Crippen LogP contribution >= 0.6 is 11.6 Å². The number of rotatable bonds is 11. The molecule has 4 rings (SSSR count). The number of amides is 1. The van der Waals surface area contributed by atoms with Crippen LogP contribution in [-0.2, 0) is 22.3 Å². The van der Waals surface area contributed by atoms with Crippen molar-refractivity contribution in [1.82, 2.24) is 9.21 Å². The van der Waals surface area contributed by atoms with Gasteiger partial charge >= 0.3 is 0 Å². The highest BCUT2D eigenvalue weighted by Crippen LogP contribution is 2.48. The molecule has 2 aromatic rings. The van der Waals surface area contributed by atoms with E-state index < -0.39 is 16.4 Å². The van der Waals surface area contributed by atoms with Crippen molar-refractivity contribution in [2.45, 2.75) is 57.7 Å². The molecule has 0 N–H and O–H groups in total. The van der Waals surface area contributed by atoms with E-state index in [1.54, 1.807) is 13.4 Å². The maximum atomic E-state index is 14.2. The predicted molar refractivity (Wildman–Crippen MR) is 147 cm³/mol. The van der Waals surface area contributed by atoms with Crippen LogP contribution in [0.15, 0.2) is 61.2 Å². The van der Waals surface area contributed by atoms with Crippen LogP contribution in [0.3, 0.4) is 0 Å². The van der Waals surface area contributed by atoms with E-state index in [0.717, 1.165) is 42.6 Å². The zero-order chi connectivity index (χ0) is 25.9. The normalized spacial score (nSPS) is 24.0. The van der Waals surface area contributed by atoms with Gasteiger partial charge in [0.25, 0.3) is 0 Å². The summed E-state index contributed by atoms with van der Waals surface area (Å²) in [6, 6.07) is 15.7. The molecule has 0 aromatic heterocycles. The molecule has 7 heteroatoms. The maximum Gasteiger partial charge on any atom is 0.229 e. The molecule has 0 bridgehead atoms. The Kier molecular flexibility index (Phi) is 8.59. The molecule has 2 fully saturated rings. The minimum atomic E-state index is -1.20. The molecule has 0 spiro atoms. The van der Waals surface area contributed by atoms with Crippen molar-refractivity contribution in [1.29, 1.82) is 0 Å². The van der Waals surface area contributed by atoms with Gasteiger partial charge in [0.1, 0.15) is 5.75 Å². The molecule has 4 atom stereocenters. The lowest BCUT2D eigenvalue weighted by Crippen LogP contribution is -2.56. The van der Waals surface area contributed by atoms with Crippen molar-refractivity contribution in [2.75, 3.05) is 19.9 Å². The Morgan fingerprint density at radius 1 is 1.25 bits per heavy atom. The van der Waals surface area contributed by atoms with Crippen molar-refractivity contribution in [3.05, 3.63) is 77.3 Å². The van der Waals surface area contributed by atoms with Gasteiger partial charge in [0.2, 0.25) is 5.91 Å². The topological polar surface area (TPSA) is 49.9 Å². The summed E-state index contributed by atoms with van der Waals surface area (Å²) in [4.78, 5) is 16.3. The number of benzene rings is 2. The zero-order valence-corrected chi connectivity index (χ0v) is 23.1. The monoisotopic (exact) mass is 528 g/mol. The first-order chi connectivity index (χ1) is 17.3. The first-order valence-corrected chi connectivity index (χ1v) is 14.6. The van der Waals surface area contributed by atoms with Gasteiger partial charge < -0.3 is 9.64 Å². The fraction of sp³-hybridized carbons (Fsp3) is 0.483. The van der Waals surface area contributed by atoms with Crippen LogP contribution < -0.4 is 4.74 Å². The van der Waals surface area contributed by atoms with E-state index in [9.17, 15) is 9.00 Å². The van der Waals surface area contributed by atoms with E-state index in [0.29, 0.717) is 30.5 Å². The van der Waals surface area contributed by atoms with Crippen LogP contribution in [0.1, 0.15) is 56.2 Å². The van der Waals surface area contributed by atoms with Gasteiger partial charge in [-0.25, -0.2) is 8.51 Å². The van der Waals surface area contributed by atoms with Crippen molar-refractivity contribution < 1.29 is 13.7 Å². The van der Waals surface area contributed by atoms with Gasteiger partial charge in [-0.1, -0.05) is 48.9 Å². The van der Waals surface area contributed by atoms with Gasteiger partial charge in [-0.3, -0.25) is 4.79 Å². The third kappa shape index (κ3) is 6.04. The molecule has 1 heterocycles. The van der Waals surface area contributed by atoms with Crippen molar-refractivity contribution in [3.63, 3.8) is 0 Å². The van der Waals surface area contributed by atoms with Crippen LogP contribution in [0.2, 0.25) is 5.02 Å². The lowest BCUT2D eigenvalue weighted by molar-refractivity contribution is -0.153. The summed E-state index contributed by atoms with van der Waals surface area (Å²) in [5, 5.41) is 0.688. The van der Waals surface area contributed by atoms with Gasteiger partial charge in [0.05, 0.1) is 29.6 Å². The van der Waals surface area contributed by atoms with Crippen LogP contribution in [0, 0.1) is 11.3 Å². The Balaban J connectivity index is 1.67. The van der Waals surface area contributed by atoms with Crippen LogP contribution in [0.4, 0.5) is 0 Å². The van der Waals surface area contributed by atoms with E-state index in [-0.39, 0.29) is 18.0 Å². The number of hydrogen-bond acceptors (Lipinski definition) is 3. The van der Waals surface area contributed by atoms with Gasteiger partial charge in [0.15, 0.2) is 0 Å². The summed E-state index contributed by atoms with van der Waals surface area (Å²) in [5.41, 5.74) is 1.67. The molecule has 1 saturated heterocycles. The Morgan fingerprint density at radius 2 is 1.97 bits per heavy atom. The summed E-state index contributed by atoms with van der Waals surface area (Å²) in [6.45, 7) is 7.08. The smallest absolute Gasteiger partial charge is 0.229 e. The summed E-state index contributed by atoms with van der Waals surface area (Å²) < 4.78 is 20.3. The number of piperidine rings is 1. The number of methoxy groups -OCH3 is 1. The number of hydrogen-bond donors (Lipinski definition) is 0. The highest BCUT2D eigenvalue weighted by Gasteiger charge is 2.49. The van der Waals surface area contributed by atoms with Gasteiger partial charge in [-0.15, -0.1) is 6.58 Å². The number of allylic oxidation sites excluding steroid dienone is 1. The molecule has 1 aliphatic heterocycles. The molecule has 2 unspecified atom stereocenters. The minimum absolute atomic E-state index is 0.0165. The fourth-order valence-electron chi connectivity index (χ4n) is 5.45. The molecule has 194 valence electrons. The molecule has 1 aliphatic carbocycles. The van der Waals surface area contributed by atoms with E-state index in [4.69, 9.17) is 16.3 Å². The average Bonchev–Trinajstić information content (AvgIpc) is 3.70. The second-order valence-electron chi connectivity index (χ2n) is 10.4. The molecule has 1 amide bonds. The fourth-order valence-corrected chi connectivity index (χ4v) is 6.26. The van der Waals surface area contributed by atoms with E-state index >= 15 is 0 Å². The quantitative estimate of drug-likeness (QED) is 0.328. The number of likely N-dealkylation sites (tertiary alicyclic amines) is 1. The maximum absolute atomic E-state index is 14.2. The predicted octanol–water partition coefficient (Wildman–Crippen LogP) is 6.17. The number of halogens is 1. The molecule has 2 aromatic carbocycles. The number of ether oxygens (including phenoxy) is 1. The Labute approximate surface area is 223 Å². The van der Waals surface area contributed by atoms with E-state index in [2.05, 4.69) is 18.4 Å². The summed E-state index contributed by atoms with van der Waals surface area (Å²) >= 11 is 6.19. The molecule has 2 aliphatic rings. The Hall–Kier alpha value is -2.15. The summed E-state index contributed by atoms with van der Waals surface area (Å²) in [7, 11) is 0.452. The van der Waals surface area contributed by atoms with Crippen molar-refractivity contribution >= 4 is 28.5 Å². The Bertz CT molecular complexity index is 1100. The zero-order valence-electron chi connectivity index (χ0n) is 21.5. The highest BCUT2D eigenvalue weighted by atomic mass is 35.5. The van der Waals surface area contributed by atoms with Gasteiger partial charge in [0, 0.05) is 30.4 Å².